The lowest BCUT2D eigenvalue weighted by Crippen LogP contribution is -2.48. The third kappa shape index (κ3) is 7.58. The maximum absolute atomic E-state index is 13.1. The molecule has 0 aliphatic rings. The van der Waals surface area contributed by atoms with Crippen LogP contribution in [-0.4, -0.2) is 35.1 Å². The average Bonchev–Trinajstić information content (AvgIpc) is 2.71. The van der Waals surface area contributed by atoms with Gasteiger partial charge in [0.15, 0.2) is 0 Å². The van der Waals surface area contributed by atoms with Crippen LogP contribution in [0.2, 0.25) is 0 Å². The Bertz CT molecular complexity index is 805. The molecule has 0 saturated carbocycles. The molecular formula is C24H32N2O2S. The van der Waals surface area contributed by atoms with Gasteiger partial charge in [-0.05, 0) is 44.9 Å². The van der Waals surface area contributed by atoms with Crippen LogP contribution < -0.4 is 5.32 Å². The third-order valence-electron chi connectivity index (χ3n) is 4.82. The van der Waals surface area contributed by atoms with E-state index in [0.717, 1.165) is 28.9 Å². The average molecular weight is 413 g/mol. The van der Waals surface area contributed by atoms with E-state index < -0.39 is 6.04 Å². The van der Waals surface area contributed by atoms with Crippen LogP contribution in [0.1, 0.15) is 43.4 Å². The minimum Gasteiger partial charge on any atom is -0.354 e. The first-order chi connectivity index (χ1) is 13.9. The number of nitrogens with zero attached hydrogens (tertiary/aromatic N) is 1. The van der Waals surface area contributed by atoms with Crippen molar-refractivity contribution in [3.8, 4) is 0 Å². The molecule has 0 saturated heterocycles. The summed E-state index contributed by atoms with van der Waals surface area (Å²) < 4.78 is 0. The number of carbonyl (C=O) groups is 2. The fraction of sp³-hybridized carbons (Fsp3) is 0.417. The number of unbranched alkanes of at least 4 members (excludes halogenated alkanes) is 1. The van der Waals surface area contributed by atoms with Gasteiger partial charge in [0.2, 0.25) is 11.8 Å². The van der Waals surface area contributed by atoms with E-state index in [2.05, 4.69) is 18.3 Å². The molecule has 1 N–H and O–H groups in total. The minimum absolute atomic E-state index is 0.0322. The van der Waals surface area contributed by atoms with Gasteiger partial charge in [-0.25, -0.2) is 0 Å². The van der Waals surface area contributed by atoms with E-state index in [9.17, 15) is 9.59 Å². The molecule has 0 fully saturated rings. The van der Waals surface area contributed by atoms with Crippen molar-refractivity contribution in [3.05, 3.63) is 65.2 Å². The standard InChI is InChI=1S/C24H32N2O2S/c1-5-6-14-25-24(28)20(4)26(16-21-9-7-8-19(3)15-21)23(27)17-29-22-12-10-18(2)11-13-22/h7-13,15,20H,5-6,14,16-17H2,1-4H3,(H,25,28)/t20-/m0/s1. The van der Waals surface area contributed by atoms with Crippen molar-refractivity contribution in [2.75, 3.05) is 12.3 Å². The SMILES string of the molecule is CCCCNC(=O)[C@H](C)N(Cc1cccc(C)c1)C(=O)CSc1ccc(C)cc1. The molecule has 0 aliphatic carbocycles. The molecule has 0 heterocycles. The predicted molar refractivity (Wildman–Crippen MR) is 121 cm³/mol. The molecule has 0 unspecified atom stereocenters. The molecule has 4 nitrogen and oxygen atoms in total. The van der Waals surface area contributed by atoms with Crippen LogP contribution in [0.3, 0.4) is 0 Å². The van der Waals surface area contributed by atoms with Gasteiger partial charge < -0.3 is 10.2 Å². The number of rotatable bonds is 10. The molecule has 0 radical (unpaired) electrons. The van der Waals surface area contributed by atoms with Crippen molar-refractivity contribution in [1.82, 2.24) is 10.2 Å². The normalized spacial score (nSPS) is 11.7. The van der Waals surface area contributed by atoms with E-state index in [1.807, 2.05) is 63.2 Å². The largest absolute Gasteiger partial charge is 0.354 e. The van der Waals surface area contributed by atoms with Crippen LogP contribution in [0.4, 0.5) is 0 Å². The third-order valence-corrected chi connectivity index (χ3v) is 5.81. The van der Waals surface area contributed by atoms with E-state index in [1.165, 1.54) is 17.3 Å². The molecule has 0 bridgehead atoms. The van der Waals surface area contributed by atoms with Gasteiger partial charge in [0.05, 0.1) is 5.75 Å². The summed E-state index contributed by atoms with van der Waals surface area (Å²) in [4.78, 5) is 28.4. The number of hydrogen-bond donors (Lipinski definition) is 1. The Labute approximate surface area is 179 Å². The van der Waals surface area contributed by atoms with Gasteiger partial charge >= 0.3 is 0 Å². The predicted octanol–water partition coefficient (Wildman–Crippen LogP) is 4.73. The number of hydrogen-bond acceptors (Lipinski definition) is 3. The Morgan fingerprint density at radius 3 is 2.45 bits per heavy atom. The highest BCUT2D eigenvalue weighted by Crippen LogP contribution is 2.20. The Morgan fingerprint density at radius 2 is 1.79 bits per heavy atom. The summed E-state index contributed by atoms with van der Waals surface area (Å²) in [6.07, 6.45) is 1.96. The fourth-order valence-corrected chi connectivity index (χ4v) is 3.77. The van der Waals surface area contributed by atoms with E-state index in [4.69, 9.17) is 0 Å². The Hall–Kier alpha value is -2.27. The van der Waals surface area contributed by atoms with Gasteiger partial charge in [-0.3, -0.25) is 9.59 Å². The first-order valence-corrected chi connectivity index (χ1v) is 11.2. The van der Waals surface area contributed by atoms with Gasteiger partial charge in [-0.2, -0.15) is 0 Å². The van der Waals surface area contributed by atoms with Crippen LogP contribution >= 0.6 is 11.8 Å². The maximum atomic E-state index is 13.1. The maximum Gasteiger partial charge on any atom is 0.242 e. The van der Waals surface area contributed by atoms with Crippen molar-refractivity contribution in [2.24, 2.45) is 0 Å². The first kappa shape index (κ1) is 23.0. The number of aryl methyl sites for hydroxylation is 2. The Morgan fingerprint density at radius 1 is 1.07 bits per heavy atom. The van der Waals surface area contributed by atoms with Crippen LogP contribution in [0.15, 0.2) is 53.4 Å². The first-order valence-electron chi connectivity index (χ1n) is 10.2. The topological polar surface area (TPSA) is 49.4 Å². The van der Waals surface area contributed by atoms with Crippen LogP contribution in [0.5, 0.6) is 0 Å². The molecule has 5 heteroatoms. The summed E-state index contributed by atoms with van der Waals surface area (Å²) >= 11 is 1.51. The van der Waals surface area contributed by atoms with Crippen molar-refractivity contribution in [2.45, 2.75) is 58.0 Å². The van der Waals surface area contributed by atoms with Gasteiger partial charge in [0.1, 0.15) is 6.04 Å². The highest BCUT2D eigenvalue weighted by molar-refractivity contribution is 8.00. The summed E-state index contributed by atoms with van der Waals surface area (Å²) in [7, 11) is 0. The molecule has 156 valence electrons. The number of amides is 2. The number of thioether (sulfide) groups is 1. The monoisotopic (exact) mass is 412 g/mol. The second kappa shape index (κ2) is 11.7. The number of benzene rings is 2. The van der Waals surface area contributed by atoms with E-state index in [-0.39, 0.29) is 11.8 Å². The molecule has 2 aromatic carbocycles. The van der Waals surface area contributed by atoms with Crippen LogP contribution in [-0.2, 0) is 16.1 Å². The summed E-state index contributed by atoms with van der Waals surface area (Å²) in [5.74, 6) is 0.177. The number of nitrogens with one attached hydrogen (secondary N) is 1. The summed E-state index contributed by atoms with van der Waals surface area (Å²) in [5, 5.41) is 2.96. The molecule has 1 atom stereocenters. The molecule has 0 spiro atoms. The van der Waals surface area contributed by atoms with Crippen LogP contribution in [0.25, 0.3) is 0 Å². The summed E-state index contributed by atoms with van der Waals surface area (Å²) in [6.45, 7) is 9.05. The lowest BCUT2D eigenvalue weighted by atomic mass is 10.1. The zero-order valence-electron chi connectivity index (χ0n) is 17.9. The number of carbonyl (C=O) groups excluding carboxylic acids is 2. The molecule has 29 heavy (non-hydrogen) atoms. The Balaban J connectivity index is 2.10. The Kier molecular flexibility index (Phi) is 9.26. The lowest BCUT2D eigenvalue weighted by Gasteiger charge is -2.29. The quantitative estimate of drug-likeness (QED) is 0.453. The van der Waals surface area contributed by atoms with E-state index >= 15 is 0 Å². The van der Waals surface area contributed by atoms with Crippen molar-refractivity contribution in [3.63, 3.8) is 0 Å². The highest BCUT2D eigenvalue weighted by atomic mass is 32.2. The van der Waals surface area contributed by atoms with Crippen LogP contribution in [0, 0.1) is 13.8 Å². The molecule has 0 aromatic heterocycles. The summed E-state index contributed by atoms with van der Waals surface area (Å²) in [5.41, 5.74) is 3.37. The van der Waals surface area contributed by atoms with Crippen molar-refractivity contribution < 1.29 is 9.59 Å². The highest BCUT2D eigenvalue weighted by Gasteiger charge is 2.26. The van der Waals surface area contributed by atoms with Gasteiger partial charge in [0, 0.05) is 18.0 Å². The molecule has 2 rings (SSSR count). The molecular weight excluding hydrogens is 380 g/mol. The second-order valence-electron chi connectivity index (χ2n) is 7.43. The zero-order valence-corrected chi connectivity index (χ0v) is 18.7. The lowest BCUT2D eigenvalue weighted by molar-refractivity contribution is -0.138. The molecule has 2 amide bonds. The van der Waals surface area contributed by atoms with Crippen molar-refractivity contribution in [1.29, 1.82) is 0 Å². The van der Waals surface area contributed by atoms with Gasteiger partial charge in [-0.15, -0.1) is 11.8 Å². The molecule has 2 aromatic rings. The molecule has 0 aliphatic heterocycles. The van der Waals surface area contributed by atoms with E-state index in [0.29, 0.717) is 18.8 Å². The fourth-order valence-electron chi connectivity index (χ4n) is 2.99. The smallest absolute Gasteiger partial charge is 0.242 e. The minimum atomic E-state index is -0.515. The zero-order chi connectivity index (χ0) is 21.2. The van der Waals surface area contributed by atoms with E-state index in [1.54, 1.807) is 4.90 Å². The summed E-state index contributed by atoms with van der Waals surface area (Å²) in [6, 6.07) is 15.7. The van der Waals surface area contributed by atoms with Gasteiger partial charge in [-0.1, -0.05) is 60.9 Å². The second-order valence-corrected chi connectivity index (χ2v) is 8.48. The van der Waals surface area contributed by atoms with Crippen molar-refractivity contribution >= 4 is 23.6 Å². The van der Waals surface area contributed by atoms with Gasteiger partial charge in [0.25, 0.3) is 0 Å².